The Kier molecular flexibility index (Phi) is 1.34. The summed E-state index contributed by atoms with van der Waals surface area (Å²) in [5.74, 6) is 0. The second-order valence-corrected chi connectivity index (χ2v) is 4.63. The Labute approximate surface area is 83.6 Å². The molecule has 0 amide bonds. The van der Waals surface area contributed by atoms with E-state index in [1.807, 2.05) is 6.20 Å². The molecule has 2 aliphatic rings. The van der Waals surface area contributed by atoms with Crippen molar-refractivity contribution in [1.82, 2.24) is 9.78 Å². The van der Waals surface area contributed by atoms with E-state index in [0.29, 0.717) is 0 Å². The van der Waals surface area contributed by atoms with E-state index in [-0.39, 0.29) is 11.0 Å². The number of nitrogens with zero attached hydrogens (tertiary/aromatic N) is 2. The minimum atomic E-state index is 0.0854. The van der Waals surface area contributed by atoms with Crippen LogP contribution >= 0.6 is 0 Å². The molecule has 0 atom stereocenters. The zero-order valence-corrected chi connectivity index (χ0v) is 8.24. The first kappa shape index (κ1) is 8.24. The van der Waals surface area contributed by atoms with Crippen LogP contribution in [0.25, 0.3) is 6.20 Å². The Balaban J connectivity index is 1.98. The van der Waals surface area contributed by atoms with Gasteiger partial charge in [0.15, 0.2) is 0 Å². The smallest absolute Gasteiger partial charge is 0.0532 e. The normalized spacial score (nSPS) is 25.8. The van der Waals surface area contributed by atoms with E-state index < -0.39 is 0 Å². The fourth-order valence-electron chi connectivity index (χ4n) is 2.50. The number of hydrogen-bond acceptors (Lipinski definition) is 2. The second kappa shape index (κ2) is 2.28. The monoisotopic (exact) mass is 189 g/mol. The van der Waals surface area contributed by atoms with Crippen LogP contribution in [0.2, 0.25) is 0 Å². The van der Waals surface area contributed by atoms with E-state index in [1.54, 1.807) is 10.9 Å². The second-order valence-electron chi connectivity index (χ2n) is 4.63. The van der Waals surface area contributed by atoms with Gasteiger partial charge in [0.25, 0.3) is 0 Å². The minimum absolute atomic E-state index is 0.0854. The van der Waals surface area contributed by atoms with Crippen molar-refractivity contribution in [1.29, 1.82) is 0 Å². The van der Waals surface area contributed by atoms with Crippen LogP contribution in [0.4, 0.5) is 0 Å². The standard InChI is InChI=1S/C11H15N3/c1-2-14-8-9(7-13-14)10(3-4-10)11(12)5-6-11/h2,7-8H,1,3-6,12H2. The van der Waals surface area contributed by atoms with Crippen molar-refractivity contribution in [2.45, 2.75) is 36.6 Å². The number of hydrogen-bond donors (Lipinski definition) is 1. The maximum atomic E-state index is 6.31. The molecule has 2 fully saturated rings. The van der Waals surface area contributed by atoms with E-state index in [1.165, 1.54) is 31.2 Å². The van der Waals surface area contributed by atoms with Crippen molar-refractivity contribution < 1.29 is 0 Å². The van der Waals surface area contributed by atoms with Crippen LogP contribution in [0.5, 0.6) is 0 Å². The van der Waals surface area contributed by atoms with Crippen molar-refractivity contribution in [2.24, 2.45) is 5.73 Å². The molecule has 0 saturated heterocycles. The zero-order chi connectivity index (χ0) is 9.81. The first-order valence-electron chi connectivity index (χ1n) is 5.16. The summed E-state index contributed by atoms with van der Waals surface area (Å²) in [5, 5.41) is 4.23. The highest BCUT2D eigenvalue weighted by molar-refractivity contribution is 5.39. The summed E-state index contributed by atoms with van der Waals surface area (Å²) < 4.78 is 1.77. The maximum absolute atomic E-state index is 6.31. The molecule has 2 aliphatic carbocycles. The third-order valence-electron chi connectivity index (χ3n) is 3.83. The van der Waals surface area contributed by atoms with Crippen molar-refractivity contribution in [3.63, 3.8) is 0 Å². The molecule has 1 aromatic heterocycles. The van der Waals surface area contributed by atoms with E-state index in [2.05, 4.69) is 17.9 Å². The molecule has 74 valence electrons. The molecule has 1 aromatic rings. The van der Waals surface area contributed by atoms with Crippen LogP contribution in [0, 0.1) is 0 Å². The van der Waals surface area contributed by atoms with Gasteiger partial charge in [-0.05, 0) is 31.2 Å². The Morgan fingerprint density at radius 3 is 2.57 bits per heavy atom. The molecule has 0 radical (unpaired) electrons. The molecular weight excluding hydrogens is 174 g/mol. The summed E-state index contributed by atoms with van der Waals surface area (Å²) in [5.41, 5.74) is 7.95. The third kappa shape index (κ3) is 0.879. The average molecular weight is 189 g/mol. The maximum Gasteiger partial charge on any atom is 0.0532 e. The molecule has 0 bridgehead atoms. The highest BCUT2D eigenvalue weighted by atomic mass is 15.2. The van der Waals surface area contributed by atoms with Crippen LogP contribution in [-0.4, -0.2) is 15.3 Å². The molecule has 3 rings (SSSR count). The van der Waals surface area contributed by atoms with Gasteiger partial charge in [-0.25, -0.2) is 4.68 Å². The van der Waals surface area contributed by atoms with Gasteiger partial charge < -0.3 is 5.73 Å². The molecule has 14 heavy (non-hydrogen) atoms. The molecule has 2 saturated carbocycles. The third-order valence-corrected chi connectivity index (χ3v) is 3.83. The van der Waals surface area contributed by atoms with Crippen LogP contribution in [0.3, 0.4) is 0 Å². The molecule has 0 aliphatic heterocycles. The molecule has 0 spiro atoms. The predicted octanol–water partition coefficient (Wildman–Crippen LogP) is 1.51. The predicted molar refractivity (Wildman–Crippen MR) is 55.7 cm³/mol. The van der Waals surface area contributed by atoms with Crippen molar-refractivity contribution in [2.75, 3.05) is 0 Å². The SMILES string of the molecule is C=Cn1cc(C2(C3(N)CC3)CC2)cn1. The lowest BCUT2D eigenvalue weighted by Crippen LogP contribution is -2.37. The van der Waals surface area contributed by atoms with Gasteiger partial charge in [-0.15, -0.1) is 0 Å². The van der Waals surface area contributed by atoms with Gasteiger partial charge in [-0.3, -0.25) is 0 Å². The summed E-state index contributed by atoms with van der Waals surface area (Å²) in [6.07, 6.45) is 10.5. The van der Waals surface area contributed by atoms with E-state index >= 15 is 0 Å². The Morgan fingerprint density at radius 1 is 1.43 bits per heavy atom. The van der Waals surface area contributed by atoms with Crippen molar-refractivity contribution in [3.05, 3.63) is 24.5 Å². The van der Waals surface area contributed by atoms with Gasteiger partial charge in [0.05, 0.1) is 6.20 Å². The van der Waals surface area contributed by atoms with Crippen LogP contribution in [0.15, 0.2) is 19.0 Å². The van der Waals surface area contributed by atoms with Crippen LogP contribution in [0.1, 0.15) is 31.2 Å². The topological polar surface area (TPSA) is 43.8 Å². The number of aromatic nitrogens is 2. The van der Waals surface area contributed by atoms with Gasteiger partial charge in [-0.1, -0.05) is 6.58 Å². The molecule has 0 unspecified atom stereocenters. The fraction of sp³-hybridized carbons (Fsp3) is 0.545. The number of nitrogens with two attached hydrogens (primary N) is 1. The van der Waals surface area contributed by atoms with Gasteiger partial charge in [-0.2, -0.15) is 5.10 Å². The summed E-state index contributed by atoms with van der Waals surface area (Å²) in [6.45, 7) is 3.69. The lowest BCUT2D eigenvalue weighted by molar-refractivity contribution is 0.503. The lowest BCUT2D eigenvalue weighted by Gasteiger charge is -2.20. The van der Waals surface area contributed by atoms with Crippen LogP contribution < -0.4 is 5.73 Å². The van der Waals surface area contributed by atoms with Gasteiger partial charge in [0, 0.05) is 23.4 Å². The van der Waals surface area contributed by atoms with Gasteiger partial charge in [0.1, 0.15) is 0 Å². The van der Waals surface area contributed by atoms with Gasteiger partial charge in [0.2, 0.25) is 0 Å². The largest absolute Gasteiger partial charge is 0.324 e. The molecule has 0 aromatic carbocycles. The highest BCUT2D eigenvalue weighted by Crippen LogP contribution is 2.63. The average Bonchev–Trinajstić information content (AvgIpc) is 3.08. The van der Waals surface area contributed by atoms with E-state index in [0.717, 1.165) is 0 Å². The molecule has 3 nitrogen and oxygen atoms in total. The van der Waals surface area contributed by atoms with E-state index in [4.69, 9.17) is 5.73 Å². The summed E-state index contributed by atoms with van der Waals surface area (Å²) in [6, 6.07) is 0. The first-order chi connectivity index (χ1) is 6.70. The summed E-state index contributed by atoms with van der Waals surface area (Å²) in [4.78, 5) is 0. The Bertz CT molecular complexity index is 383. The van der Waals surface area contributed by atoms with Crippen molar-refractivity contribution in [3.8, 4) is 0 Å². The molecular formula is C11H15N3. The fourth-order valence-corrected chi connectivity index (χ4v) is 2.50. The zero-order valence-electron chi connectivity index (χ0n) is 8.24. The minimum Gasteiger partial charge on any atom is -0.324 e. The molecule has 1 heterocycles. The van der Waals surface area contributed by atoms with Gasteiger partial charge >= 0.3 is 0 Å². The highest BCUT2D eigenvalue weighted by Gasteiger charge is 2.64. The first-order valence-corrected chi connectivity index (χ1v) is 5.16. The van der Waals surface area contributed by atoms with E-state index in [9.17, 15) is 0 Å². The number of rotatable bonds is 3. The lowest BCUT2D eigenvalue weighted by atomic mass is 9.88. The Morgan fingerprint density at radius 2 is 2.14 bits per heavy atom. The Hall–Kier alpha value is -1.09. The molecule has 2 N–H and O–H groups in total. The summed E-state index contributed by atoms with van der Waals surface area (Å²) >= 11 is 0. The van der Waals surface area contributed by atoms with Crippen molar-refractivity contribution >= 4 is 6.20 Å². The van der Waals surface area contributed by atoms with Crippen LogP contribution in [-0.2, 0) is 5.41 Å². The molecule has 3 heteroatoms. The quantitative estimate of drug-likeness (QED) is 0.783. The summed E-state index contributed by atoms with van der Waals surface area (Å²) in [7, 11) is 0.